The summed E-state index contributed by atoms with van der Waals surface area (Å²) in [5.41, 5.74) is 1.35. The van der Waals surface area contributed by atoms with E-state index in [9.17, 15) is 0 Å². The molecule has 0 fully saturated rings. The van der Waals surface area contributed by atoms with Gasteiger partial charge in [0.25, 0.3) is 0 Å². The highest BCUT2D eigenvalue weighted by Gasteiger charge is 2.10. The fraction of sp³-hybridized carbons (Fsp3) is 0.667. The van der Waals surface area contributed by atoms with Crippen molar-refractivity contribution in [1.29, 1.82) is 0 Å². The first-order chi connectivity index (χ1) is 7.74. The number of hydrogen-bond acceptors (Lipinski definition) is 0. The molecule has 0 aromatic carbocycles. The third kappa shape index (κ3) is 4.78. The van der Waals surface area contributed by atoms with Gasteiger partial charge in [-0.2, -0.15) is 0 Å². The number of pyridine rings is 1. The predicted molar refractivity (Wildman–Crippen MR) is 69.5 cm³/mol. The summed E-state index contributed by atoms with van der Waals surface area (Å²) in [7, 11) is 0. The van der Waals surface area contributed by atoms with Crippen LogP contribution in [0.4, 0.5) is 0 Å². The largest absolute Gasteiger partial charge is 0.203 e. The Bertz CT molecular complexity index is 293. The molecule has 0 radical (unpaired) electrons. The van der Waals surface area contributed by atoms with Crippen molar-refractivity contribution < 1.29 is 4.57 Å². The Morgan fingerprint density at radius 3 is 2.62 bits per heavy atom. The zero-order valence-corrected chi connectivity index (χ0v) is 11.1. The Morgan fingerprint density at radius 2 is 1.94 bits per heavy atom. The minimum Gasteiger partial charge on any atom is -0.203 e. The molecule has 1 heteroatoms. The van der Waals surface area contributed by atoms with Gasteiger partial charge < -0.3 is 0 Å². The summed E-state index contributed by atoms with van der Waals surface area (Å²) in [5, 5.41) is 0. The molecular formula is C15H26N+. The van der Waals surface area contributed by atoms with Crippen LogP contribution < -0.4 is 4.57 Å². The quantitative estimate of drug-likeness (QED) is 0.479. The molecule has 0 aliphatic carbocycles. The molecule has 0 N–H and O–H groups in total. The maximum atomic E-state index is 2.34. The fourth-order valence-corrected chi connectivity index (χ4v) is 2.08. The van der Waals surface area contributed by atoms with Gasteiger partial charge in [0.15, 0.2) is 18.4 Å². The molecule has 1 aromatic heterocycles. The van der Waals surface area contributed by atoms with Gasteiger partial charge in [0.1, 0.15) is 0 Å². The number of unbranched alkanes of at least 4 members (excludes halogenated alkanes) is 4. The van der Waals surface area contributed by atoms with Gasteiger partial charge in [-0.25, -0.2) is 4.57 Å². The molecule has 0 aliphatic heterocycles. The zero-order valence-electron chi connectivity index (χ0n) is 11.1. The van der Waals surface area contributed by atoms with Crippen LogP contribution in [0.25, 0.3) is 0 Å². The van der Waals surface area contributed by atoms with E-state index < -0.39 is 0 Å². The van der Waals surface area contributed by atoms with Crippen LogP contribution in [0.3, 0.4) is 0 Å². The van der Waals surface area contributed by atoms with Crippen molar-refractivity contribution in [2.24, 2.45) is 0 Å². The Morgan fingerprint density at radius 1 is 1.19 bits per heavy atom. The van der Waals surface area contributed by atoms with Crippen molar-refractivity contribution in [3.05, 3.63) is 30.1 Å². The second-order valence-corrected chi connectivity index (χ2v) is 4.88. The molecular weight excluding hydrogens is 194 g/mol. The highest BCUT2D eigenvalue weighted by atomic mass is 15.0. The van der Waals surface area contributed by atoms with E-state index in [2.05, 4.69) is 49.9 Å². The first kappa shape index (κ1) is 13.2. The van der Waals surface area contributed by atoms with E-state index in [-0.39, 0.29) is 0 Å². The van der Waals surface area contributed by atoms with E-state index in [1.54, 1.807) is 0 Å². The molecule has 1 unspecified atom stereocenters. The number of aryl methyl sites for hydroxylation is 1. The average molecular weight is 220 g/mol. The highest BCUT2D eigenvalue weighted by molar-refractivity contribution is 5.01. The van der Waals surface area contributed by atoms with Crippen LogP contribution in [0.1, 0.15) is 64.0 Å². The molecule has 0 bridgehead atoms. The van der Waals surface area contributed by atoms with Crippen LogP contribution in [-0.4, -0.2) is 0 Å². The molecule has 1 aromatic rings. The van der Waals surface area contributed by atoms with Gasteiger partial charge in [0, 0.05) is 18.1 Å². The van der Waals surface area contributed by atoms with Crippen molar-refractivity contribution in [3.63, 3.8) is 0 Å². The van der Waals surface area contributed by atoms with Crippen molar-refractivity contribution >= 4 is 0 Å². The Hall–Kier alpha value is -0.850. The van der Waals surface area contributed by atoms with Crippen molar-refractivity contribution in [2.45, 2.75) is 65.3 Å². The second-order valence-electron chi connectivity index (χ2n) is 4.88. The molecule has 1 heterocycles. The van der Waals surface area contributed by atoms with Crippen molar-refractivity contribution in [2.75, 3.05) is 0 Å². The maximum Gasteiger partial charge on any atom is 0.171 e. The summed E-state index contributed by atoms with van der Waals surface area (Å²) in [6.45, 7) is 6.74. The molecule has 0 saturated heterocycles. The lowest BCUT2D eigenvalue weighted by Crippen LogP contribution is -2.37. The topological polar surface area (TPSA) is 3.88 Å². The second kappa shape index (κ2) is 7.43. The van der Waals surface area contributed by atoms with Gasteiger partial charge in [0.05, 0.1) is 0 Å². The number of nitrogens with zero attached hydrogens (tertiary/aromatic N) is 1. The summed E-state index contributed by atoms with van der Waals surface area (Å²) in [4.78, 5) is 0. The van der Waals surface area contributed by atoms with Crippen molar-refractivity contribution in [3.8, 4) is 0 Å². The van der Waals surface area contributed by atoms with Crippen LogP contribution in [0.2, 0.25) is 0 Å². The molecule has 0 aliphatic rings. The number of rotatable bonds is 7. The normalized spacial score (nSPS) is 12.7. The molecule has 0 spiro atoms. The van der Waals surface area contributed by atoms with Crippen LogP contribution in [0, 0.1) is 6.92 Å². The van der Waals surface area contributed by atoms with Crippen LogP contribution in [0.5, 0.6) is 0 Å². The van der Waals surface area contributed by atoms with Crippen LogP contribution in [0.15, 0.2) is 24.5 Å². The molecule has 0 amide bonds. The van der Waals surface area contributed by atoms with Crippen molar-refractivity contribution in [1.82, 2.24) is 0 Å². The first-order valence-corrected chi connectivity index (χ1v) is 6.71. The standard InChI is InChI=1S/C15H26N/c1-4-5-6-7-8-11-15(3)16-12-9-10-14(2)13-16/h9-10,12-13,15H,4-8,11H2,1-3H3/q+1. The SMILES string of the molecule is CCCCCCCC(C)[n+]1cccc(C)c1. The van der Waals surface area contributed by atoms with Gasteiger partial charge in [-0.15, -0.1) is 0 Å². The number of aromatic nitrogens is 1. The average Bonchev–Trinajstić information content (AvgIpc) is 2.28. The summed E-state index contributed by atoms with van der Waals surface area (Å²) >= 11 is 0. The molecule has 1 nitrogen and oxygen atoms in total. The predicted octanol–water partition coefficient (Wildman–Crippen LogP) is 4.20. The summed E-state index contributed by atoms with van der Waals surface area (Å²) in [5.74, 6) is 0. The minimum absolute atomic E-state index is 0.640. The first-order valence-electron chi connectivity index (χ1n) is 6.71. The monoisotopic (exact) mass is 220 g/mol. The smallest absolute Gasteiger partial charge is 0.171 e. The minimum atomic E-state index is 0.640. The van der Waals surface area contributed by atoms with E-state index in [1.165, 1.54) is 44.1 Å². The Labute approximate surface area is 101 Å². The summed E-state index contributed by atoms with van der Waals surface area (Å²) in [6.07, 6.45) is 12.6. The highest BCUT2D eigenvalue weighted by Crippen LogP contribution is 2.11. The van der Waals surface area contributed by atoms with Crippen LogP contribution >= 0.6 is 0 Å². The third-order valence-corrected chi connectivity index (χ3v) is 3.20. The van der Waals surface area contributed by atoms with Crippen LogP contribution in [-0.2, 0) is 0 Å². The molecule has 1 rings (SSSR count). The molecule has 90 valence electrons. The lowest BCUT2D eigenvalue weighted by atomic mass is 10.1. The zero-order chi connectivity index (χ0) is 11.8. The Balaban J connectivity index is 2.27. The fourth-order valence-electron chi connectivity index (χ4n) is 2.08. The maximum absolute atomic E-state index is 2.34. The number of hydrogen-bond donors (Lipinski definition) is 0. The van der Waals surface area contributed by atoms with E-state index in [0.29, 0.717) is 6.04 Å². The van der Waals surface area contributed by atoms with Gasteiger partial charge in [0.2, 0.25) is 0 Å². The Kier molecular flexibility index (Phi) is 6.14. The lowest BCUT2D eigenvalue weighted by molar-refractivity contribution is -0.720. The van der Waals surface area contributed by atoms with E-state index >= 15 is 0 Å². The summed E-state index contributed by atoms with van der Waals surface area (Å²) in [6, 6.07) is 4.94. The van der Waals surface area contributed by atoms with Gasteiger partial charge in [-0.3, -0.25) is 0 Å². The molecule has 16 heavy (non-hydrogen) atoms. The lowest BCUT2D eigenvalue weighted by Gasteiger charge is -2.07. The van der Waals surface area contributed by atoms with E-state index in [1.807, 2.05) is 0 Å². The third-order valence-electron chi connectivity index (χ3n) is 3.20. The van der Waals surface area contributed by atoms with E-state index in [4.69, 9.17) is 0 Å². The van der Waals surface area contributed by atoms with E-state index in [0.717, 1.165) is 0 Å². The van der Waals surface area contributed by atoms with Gasteiger partial charge >= 0.3 is 0 Å². The summed E-state index contributed by atoms with van der Waals surface area (Å²) < 4.78 is 2.34. The molecule has 1 atom stereocenters. The van der Waals surface area contributed by atoms with Gasteiger partial charge in [-0.1, -0.05) is 32.6 Å². The van der Waals surface area contributed by atoms with Gasteiger partial charge in [-0.05, 0) is 26.3 Å². The molecule has 0 saturated carbocycles.